The van der Waals surface area contributed by atoms with E-state index < -0.39 is 0 Å². The minimum Gasteiger partial charge on any atom is -0.373 e. The zero-order valence-electron chi connectivity index (χ0n) is 24.1. The maximum absolute atomic E-state index is 9.68. The predicted molar refractivity (Wildman–Crippen MR) is 171 cm³/mol. The van der Waals surface area contributed by atoms with Crippen molar-refractivity contribution in [2.75, 3.05) is 0 Å². The molecule has 2 rings (SSSR count). The Balaban J connectivity index is -0.0000000846. The van der Waals surface area contributed by atoms with Crippen LogP contribution in [-0.4, -0.2) is 0 Å². The molecule has 1 radical (unpaired) electrons. The van der Waals surface area contributed by atoms with Gasteiger partial charge in [-0.25, -0.2) is 0 Å². The summed E-state index contributed by atoms with van der Waals surface area (Å²) in [5.41, 5.74) is 2.58. The van der Waals surface area contributed by atoms with Crippen LogP contribution >= 0.6 is 0 Å². The van der Waals surface area contributed by atoms with Crippen LogP contribution in [0.2, 0.25) is 0 Å². The number of aryl methyl sites for hydroxylation is 1. The second-order valence-electron chi connectivity index (χ2n) is 8.39. The molecule has 0 amide bonds. The van der Waals surface area contributed by atoms with Crippen LogP contribution in [0, 0.1) is 7.11 Å². The zero-order chi connectivity index (χ0) is 26.8. The number of benzene rings is 2. The van der Waals surface area contributed by atoms with E-state index in [1.807, 2.05) is 42.5 Å². The molecule has 0 saturated carbocycles. The number of halogens is 1. The van der Waals surface area contributed by atoms with Gasteiger partial charge in [0.2, 0.25) is 0 Å². The third kappa shape index (κ3) is 47.7. The summed E-state index contributed by atoms with van der Waals surface area (Å²) in [5.74, 6) is 0. The molecule has 0 N–H and O–H groups in total. The van der Waals surface area contributed by atoms with E-state index in [1.165, 1.54) is 88.2 Å². The molecule has 0 aliphatic heterocycles. The SMILES string of the molecule is C.C.C=Cc1ccccc1.CCCCCCCC.CCCCCCCC.CCc1ccccc1.[CH2-]OF.[Co]. The Kier molecular flexibility index (Phi) is 63.4. The van der Waals surface area contributed by atoms with E-state index in [4.69, 9.17) is 0 Å². The summed E-state index contributed by atoms with van der Waals surface area (Å²) in [5, 5.41) is 0. The summed E-state index contributed by atoms with van der Waals surface area (Å²) < 4.78 is 9.68. The van der Waals surface area contributed by atoms with Gasteiger partial charge in [-0.15, -0.1) is 0 Å². The number of unbranched alkanes of at least 4 members (excludes halogenated alkanes) is 10. The summed E-state index contributed by atoms with van der Waals surface area (Å²) >= 11 is 0. The molecular weight excluding hydrogens is 514 g/mol. The van der Waals surface area contributed by atoms with Gasteiger partial charge in [0.05, 0.1) is 0 Å². The molecule has 0 atom stereocenters. The molecule has 0 heterocycles. The summed E-state index contributed by atoms with van der Waals surface area (Å²) in [6, 6.07) is 20.5. The monoisotopic (exact) mass is 578 g/mol. The zero-order valence-corrected chi connectivity index (χ0v) is 25.1. The molecule has 38 heavy (non-hydrogen) atoms. The first-order valence-corrected chi connectivity index (χ1v) is 13.9. The third-order valence-electron chi connectivity index (χ3n) is 5.20. The molecule has 0 saturated heterocycles. The molecule has 0 aliphatic carbocycles. The van der Waals surface area contributed by atoms with Crippen LogP contribution in [0.1, 0.15) is 138 Å². The van der Waals surface area contributed by atoms with Gasteiger partial charge in [-0.3, -0.25) is 0 Å². The quantitative estimate of drug-likeness (QED) is 0.180. The van der Waals surface area contributed by atoms with Crippen molar-refractivity contribution in [3.8, 4) is 0 Å². The summed E-state index contributed by atoms with van der Waals surface area (Å²) in [6.07, 6.45) is 19.9. The van der Waals surface area contributed by atoms with E-state index in [9.17, 15) is 4.53 Å². The normalized spacial score (nSPS) is 8.29. The van der Waals surface area contributed by atoms with Crippen LogP contribution in [0.4, 0.5) is 4.53 Å². The van der Waals surface area contributed by atoms with Crippen LogP contribution in [0.25, 0.3) is 6.08 Å². The first-order valence-electron chi connectivity index (χ1n) is 13.9. The molecule has 0 unspecified atom stereocenters. The van der Waals surface area contributed by atoms with Crippen molar-refractivity contribution in [1.82, 2.24) is 0 Å². The van der Waals surface area contributed by atoms with Gasteiger partial charge in [-0.1, -0.05) is 204 Å². The van der Waals surface area contributed by atoms with Gasteiger partial charge in [0.25, 0.3) is 0 Å². The van der Waals surface area contributed by atoms with Crippen molar-refractivity contribution in [2.45, 2.75) is 133 Å². The average Bonchev–Trinajstić information content (AvgIpc) is 2.92. The largest absolute Gasteiger partial charge is 0.373 e. The third-order valence-corrected chi connectivity index (χ3v) is 5.20. The molecule has 0 aliphatic rings. The summed E-state index contributed by atoms with van der Waals surface area (Å²) in [4.78, 5) is 2.50. The van der Waals surface area contributed by atoms with Crippen LogP contribution in [-0.2, 0) is 28.1 Å². The second-order valence-corrected chi connectivity index (χ2v) is 8.39. The minimum absolute atomic E-state index is 0. The van der Waals surface area contributed by atoms with E-state index >= 15 is 0 Å². The van der Waals surface area contributed by atoms with E-state index in [0.29, 0.717) is 0 Å². The molecule has 0 bridgehead atoms. The second kappa shape index (κ2) is 48.6. The summed E-state index contributed by atoms with van der Waals surface area (Å²) in [7, 11) is 2.32. The van der Waals surface area contributed by atoms with Crippen molar-refractivity contribution in [3.05, 3.63) is 85.5 Å². The molecule has 0 aromatic heterocycles. The van der Waals surface area contributed by atoms with Crippen LogP contribution < -0.4 is 0 Å². The molecule has 2 aromatic rings. The summed E-state index contributed by atoms with van der Waals surface area (Å²) in [6.45, 7) is 14.8. The Bertz CT molecular complexity index is 565. The van der Waals surface area contributed by atoms with Crippen molar-refractivity contribution >= 4 is 6.08 Å². The molecule has 1 nitrogen and oxygen atoms in total. The fourth-order valence-corrected chi connectivity index (χ4v) is 3.01. The maximum Gasteiger partial charge on any atom is 0 e. The molecule has 0 spiro atoms. The Morgan fingerprint density at radius 1 is 0.632 bits per heavy atom. The van der Waals surface area contributed by atoms with Gasteiger partial charge in [0.1, 0.15) is 0 Å². The smallest absolute Gasteiger partial charge is 0 e. The average molecular weight is 579 g/mol. The Morgan fingerprint density at radius 3 is 1.11 bits per heavy atom. The Hall–Kier alpha value is -1.42. The van der Waals surface area contributed by atoms with Crippen molar-refractivity contribution in [3.63, 3.8) is 0 Å². The van der Waals surface area contributed by atoms with E-state index in [2.05, 4.69) is 77.5 Å². The van der Waals surface area contributed by atoms with Crippen molar-refractivity contribution < 1.29 is 26.2 Å². The van der Waals surface area contributed by atoms with E-state index in [0.717, 1.165) is 6.42 Å². The standard InChI is InChI=1S/C8H10.C8H8.2C8H18.CH2FO.2CH4.Co/c2*1-2-8-6-4-3-5-7-8;2*1-3-5-7-8-6-4-2;1-3-2;;;/h3-7H,2H2,1H3;2-7H,1H2;2*3-8H2,1-2H3;1H2;2*1H4;/q;;;;-1;;;. The topological polar surface area (TPSA) is 9.23 Å². The number of hydrogen-bond donors (Lipinski definition) is 0. The van der Waals surface area contributed by atoms with Crippen LogP contribution in [0.5, 0.6) is 0 Å². The van der Waals surface area contributed by atoms with Gasteiger partial charge in [-0.2, -0.15) is 7.11 Å². The Labute approximate surface area is 250 Å². The molecule has 0 fully saturated rings. The molecule has 227 valence electrons. The predicted octanol–water partition coefficient (Wildman–Crippen LogP) is 13.3. The van der Waals surface area contributed by atoms with Crippen LogP contribution in [0.15, 0.2) is 67.2 Å². The van der Waals surface area contributed by atoms with E-state index in [1.54, 1.807) is 0 Å². The maximum atomic E-state index is 9.68. The first kappa shape index (κ1) is 49.5. The fraction of sp³-hybridized carbons (Fsp3) is 0.571. The van der Waals surface area contributed by atoms with Gasteiger partial charge >= 0.3 is 0 Å². The van der Waals surface area contributed by atoms with Gasteiger partial charge in [-0.05, 0) is 17.5 Å². The van der Waals surface area contributed by atoms with E-state index in [-0.39, 0.29) is 31.6 Å². The molecule has 3 heteroatoms. The first-order chi connectivity index (χ1) is 17.1. The van der Waals surface area contributed by atoms with Gasteiger partial charge < -0.3 is 4.94 Å². The fourth-order valence-electron chi connectivity index (χ4n) is 3.01. The van der Waals surface area contributed by atoms with Crippen molar-refractivity contribution in [2.24, 2.45) is 0 Å². The number of hydrogen-bond acceptors (Lipinski definition) is 1. The van der Waals surface area contributed by atoms with Crippen molar-refractivity contribution in [1.29, 1.82) is 0 Å². The van der Waals surface area contributed by atoms with Gasteiger partial charge in [0, 0.05) is 16.8 Å². The minimum atomic E-state index is 0. The van der Waals surface area contributed by atoms with Gasteiger partial charge in [0.15, 0.2) is 0 Å². The number of rotatable bonds is 12. The van der Waals surface area contributed by atoms with Crippen LogP contribution in [0.3, 0.4) is 0 Å². The Morgan fingerprint density at radius 2 is 0.921 bits per heavy atom. The molecular formula is C35H64CoFO-. The molecule has 2 aromatic carbocycles.